The van der Waals surface area contributed by atoms with Crippen molar-refractivity contribution in [3.05, 3.63) is 59.9 Å². The van der Waals surface area contributed by atoms with Crippen LogP contribution in [0.5, 0.6) is 0 Å². The number of benzene rings is 1. The number of nitrogens with zero attached hydrogens (tertiary/aromatic N) is 2. The van der Waals surface area contributed by atoms with Crippen LogP contribution < -0.4 is 0 Å². The van der Waals surface area contributed by atoms with E-state index in [1.807, 2.05) is 24.4 Å². The average Bonchev–Trinajstić information content (AvgIpc) is 2.88. The van der Waals surface area contributed by atoms with E-state index in [2.05, 4.69) is 47.0 Å². The van der Waals surface area contributed by atoms with E-state index in [1.165, 1.54) is 11.1 Å². The summed E-state index contributed by atoms with van der Waals surface area (Å²) in [6.45, 7) is 4.19. The van der Waals surface area contributed by atoms with E-state index in [1.54, 1.807) is 6.20 Å². The van der Waals surface area contributed by atoms with Crippen LogP contribution in [0, 0.1) is 13.8 Å². The normalized spacial score (nSPS) is 10.6. The van der Waals surface area contributed by atoms with Crippen LogP contribution in [-0.4, -0.2) is 15.0 Å². The molecular formula is C16H15N3. The van der Waals surface area contributed by atoms with Crippen LogP contribution in [0.4, 0.5) is 0 Å². The zero-order valence-corrected chi connectivity index (χ0v) is 11.0. The molecule has 0 bridgehead atoms. The Balaban J connectivity index is 2.02. The van der Waals surface area contributed by atoms with Crippen molar-refractivity contribution in [3.8, 4) is 22.8 Å². The van der Waals surface area contributed by atoms with Crippen molar-refractivity contribution in [1.82, 2.24) is 15.0 Å². The van der Waals surface area contributed by atoms with E-state index >= 15 is 0 Å². The molecule has 1 aromatic carbocycles. The Hall–Kier alpha value is -2.42. The molecule has 3 aromatic rings. The van der Waals surface area contributed by atoms with Crippen LogP contribution in [0.15, 0.2) is 48.8 Å². The summed E-state index contributed by atoms with van der Waals surface area (Å²) in [5, 5.41) is 0. The van der Waals surface area contributed by atoms with Crippen molar-refractivity contribution in [2.24, 2.45) is 0 Å². The minimum absolute atomic E-state index is 0.882. The third-order valence-corrected chi connectivity index (χ3v) is 3.01. The first-order valence-corrected chi connectivity index (χ1v) is 6.27. The van der Waals surface area contributed by atoms with Gasteiger partial charge in [-0.15, -0.1) is 0 Å². The van der Waals surface area contributed by atoms with Gasteiger partial charge in [0, 0.05) is 11.8 Å². The number of aryl methyl sites for hydroxylation is 2. The van der Waals surface area contributed by atoms with Crippen LogP contribution in [0.25, 0.3) is 22.8 Å². The van der Waals surface area contributed by atoms with Gasteiger partial charge in [-0.2, -0.15) is 0 Å². The largest absolute Gasteiger partial charge is 0.337 e. The van der Waals surface area contributed by atoms with Gasteiger partial charge < -0.3 is 4.98 Å². The summed E-state index contributed by atoms with van der Waals surface area (Å²) in [6, 6.07) is 12.3. The van der Waals surface area contributed by atoms with Crippen molar-refractivity contribution < 1.29 is 0 Å². The number of aromatic nitrogens is 3. The van der Waals surface area contributed by atoms with Gasteiger partial charge in [0.2, 0.25) is 0 Å². The lowest BCUT2D eigenvalue weighted by Gasteiger charge is -2.02. The molecule has 0 amide bonds. The summed E-state index contributed by atoms with van der Waals surface area (Å²) < 4.78 is 0. The Morgan fingerprint density at radius 2 is 1.74 bits per heavy atom. The minimum Gasteiger partial charge on any atom is -0.337 e. The zero-order valence-electron chi connectivity index (χ0n) is 11.0. The van der Waals surface area contributed by atoms with Gasteiger partial charge in [0.15, 0.2) is 0 Å². The van der Waals surface area contributed by atoms with Crippen molar-refractivity contribution in [2.45, 2.75) is 13.8 Å². The number of imidazole rings is 1. The average molecular weight is 249 g/mol. The molecule has 3 rings (SSSR count). The SMILES string of the molecule is Cc1cc(C)cc(-c2ncc(-c3ccccn3)[nH]2)c1. The number of nitrogens with one attached hydrogen (secondary N) is 1. The molecule has 94 valence electrons. The fourth-order valence-electron chi connectivity index (χ4n) is 2.23. The Labute approximate surface area is 112 Å². The van der Waals surface area contributed by atoms with Crippen LogP contribution in [0.2, 0.25) is 0 Å². The van der Waals surface area contributed by atoms with Crippen molar-refractivity contribution >= 4 is 0 Å². The molecule has 0 unspecified atom stereocenters. The summed E-state index contributed by atoms with van der Waals surface area (Å²) in [7, 11) is 0. The van der Waals surface area contributed by atoms with Gasteiger partial charge in [-0.25, -0.2) is 4.98 Å². The Morgan fingerprint density at radius 3 is 2.42 bits per heavy atom. The maximum atomic E-state index is 4.45. The molecule has 0 atom stereocenters. The van der Waals surface area contributed by atoms with E-state index in [9.17, 15) is 0 Å². The number of hydrogen-bond donors (Lipinski definition) is 1. The van der Waals surface area contributed by atoms with Gasteiger partial charge in [-0.05, 0) is 38.1 Å². The van der Waals surface area contributed by atoms with Crippen LogP contribution >= 0.6 is 0 Å². The maximum Gasteiger partial charge on any atom is 0.137 e. The minimum atomic E-state index is 0.882. The maximum absolute atomic E-state index is 4.45. The third kappa shape index (κ3) is 2.40. The second-order valence-electron chi connectivity index (χ2n) is 4.74. The molecule has 0 spiro atoms. The molecule has 3 heteroatoms. The molecule has 0 aliphatic carbocycles. The molecule has 19 heavy (non-hydrogen) atoms. The summed E-state index contributed by atoms with van der Waals surface area (Å²) >= 11 is 0. The lowest BCUT2D eigenvalue weighted by Crippen LogP contribution is -1.85. The summed E-state index contributed by atoms with van der Waals surface area (Å²) in [5.41, 5.74) is 5.44. The quantitative estimate of drug-likeness (QED) is 0.751. The van der Waals surface area contributed by atoms with Crippen molar-refractivity contribution in [3.63, 3.8) is 0 Å². The molecular weight excluding hydrogens is 234 g/mol. The number of rotatable bonds is 2. The van der Waals surface area contributed by atoms with Crippen molar-refractivity contribution in [1.29, 1.82) is 0 Å². The van der Waals surface area contributed by atoms with Gasteiger partial charge in [0.25, 0.3) is 0 Å². The van der Waals surface area contributed by atoms with Gasteiger partial charge >= 0.3 is 0 Å². The fraction of sp³-hybridized carbons (Fsp3) is 0.125. The van der Waals surface area contributed by atoms with E-state index in [4.69, 9.17) is 0 Å². The van der Waals surface area contributed by atoms with E-state index in [-0.39, 0.29) is 0 Å². The third-order valence-electron chi connectivity index (χ3n) is 3.01. The van der Waals surface area contributed by atoms with Crippen LogP contribution in [0.3, 0.4) is 0 Å². The second-order valence-corrected chi connectivity index (χ2v) is 4.74. The van der Waals surface area contributed by atoms with E-state index < -0.39 is 0 Å². The highest BCUT2D eigenvalue weighted by molar-refractivity contribution is 5.63. The highest BCUT2D eigenvalue weighted by Gasteiger charge is 2.06. The summed E-state index contributed by atoms with van der Waals surface area (Å²) in [4.78, 5) is 12.1. The lowest BCUT2D eigenvalue weighted by molar-refractivity contribution is 1.26. The first-order valence-electron chi connectivity index (χ1n) is 6.27. The molecule has 2 heterocycles. The molecule has 0 aliphatic rings. The topological polar surface area (TPSA) is 41.6 Å². The Bertz CT molecular complexity index is 679. The highest BCUT2D eigenvalue weighted by atomic mass is 14.9. The van der Waals surface area contributed by atoms with Gasteiger partial charge in [-0.3, -0.25) is 4.98 Å². The monoisotopic (exact) mass is 249 g/mol. The number of aromatic amines is 1. The first kappa shape index (κ1) is 11.7. The number of hydrogen-bond acceptors (Lipinski definition) is 2. The summed E-state index contributed by atoms with van der Waals surface area (Å²) in [5.74, 6) is 0.882. The first-order chi connectivity index (χ1) is 9.22. The second kappa shape index (κ2) is 4.69. The molecule has 0 aliphatic heterocycles. The van der Waals surface area contributed by atoms with Crippen LogP contribution in [0.1, 0.15) is 11.1 Å². The molecule has 2 aromatic heterocycles. The van der Waals surface area contributed by atoms with Crippen molar-refractivity contribution in [2.75, 3.05) is 0 Å². The standard InChI is InChI=1S/C16H15N3/c1-11-7-12(2)9-13(8-11)16-18-10-15(19-16)14-5-3-4-6-17-14/h3-10H,1-2H3,(H,18,19). The zero-order chi connectivity index (χ0) is 13.2. The fourth-order valence-corrected chi connectivity index (χ4v) is 2.23. The lowest BCUT2D eigenvalue weighted by atomic mass is 10.1. The number of H-pyrrole nitrogens is 1. The predicted molar refractivity (Wildman–Crippen MR) is 76.7 cm³/mol. The molecule has 1 N–H and O–H groups in total. The van der Waals surface area contributed by atoms with Gasteiger partial charge in [0.05, 0.1) is 17.6 Å². The molecule has 0 fully saturated rings. The number of pyridine rings is 1. The molecule has 0 radical (unpaired) electrons. The highest BCUT2D eigenvalue weighted by Crippen LogP contribution is 2.22. The molecule has 0 saturated heterocycles. The van der Waals surface area contributed by atoms with Gasteiger partial charge in [-0.1, -0.05) is 23.3 Å². The van der Waals surface area contributed by atoms with E-state index in [0.717, 1.165) is 22.8 Å². The van der Waals surface area contributed by atoms with Gasteiger partial charge in [0.1, 0.15) is 5.82 Å². The van der Waals surface area contributed by atoms with Crippen LogP contribution in [-0.2, 0) is 0 Å². The smallest absolute Gasteiger partial charge is 0.137 e. The molecule has 3 nitrogen and oxygen atoms in total. The van der Waals surface area contributed by atoms with E-state index in [0.29, 0.717) is 0 Å². The summed E-state index contributed by atoms with van der Waals surface area (Å²) in [6.07, 6.45) is 3.61. The Morgan fingerprint density at radius 1 is 0.947 bits per heavy atom. The molecule has 0 saturated carbocycles. The Kier molecular flexibility index (Phi) is 2.88. The predicted octanol–water partition coefficient (Wildman–Crippen LogP) is 3.76.